The Balaban J connectivity index is 1.86. The molecule has 1 heterocycles. The van der Waals surface area contributed by atoms with Crippen molar-refractivity contribution in [3.05, 3.63) is 21.5 Å². The summed E-state index contributed by atoms with van der Waals surface area (Å²) < 4.78 is 1.52. The zero-order valence-electron chi connectivity index (χ0n) is 12.9. The largest absolute Gasteiger partial charge is 0.390 e. The molecule has 0 radical (unpaired) electrons. The van der Waals surface area contributed by atoms with Crippen molar-refractivity contribution in [1.82, 2.24) is 15.1 Å². The molecule has 0 amide bonds. The van der Waals surface area contributed by atoms with Crippen LogP contribution in [-0.2, 0) is 6.54 Å². The van der Waals surface area contributed by atoms with Crippen LogP contribution in [0.5, 0.6) is 0 Å². The molecule has 1 aliphatic rings. The van der Waals surface area contributed by atoms with Crippen LogP contribution in [0.25, 0.3) is 0 Å². The van der Waals surface area contributed by atoms with Crippen molar-refractivity contribution in [2.75, 3.05) is 13.1 Å². The molecular formula is C14H24N4O3. The molecule has 118 valence electrons. The van der Waals surface area contributed by atoms with Gasteiger partial charge in [0.15, 0.2) is 0 Å². The van der Waals surface area contributed by atoms with Gasteiger partial charge in [0.25, 0.3) is 0 Å². The molecule has 0 aromatic carbocycles. The maximum absolute atomic E-state index is 10.9. The third kappa shape index (κ3) is 3.59. The third-order valence-electron chi connectivity index (χ3n) is 4.50. The number of nitrogens with one attached hydrogen (secondary N) is 1. The smallest absolute Gasteiger partial charge is 0.312 e. The number of hydrogen-bond donors (Lipinski definition) is 2. The van der Waals surface area contributed by atoms with Crippen LogP contribution in [0.15, 0.2) is 0 Å². The lowest BCUT2D eigenvalue weighted by Crippen LogP contribution is -2.34. The molecule has 7 nitrogen and oxygen atoms in total. The first-order valence-electron chi connectivity index (χ1n) is 7.46. The molecule has 7 heteroatoms. The average Bonchev–Trinajstić information content (AvgIpc) is 3.12. The molecule has 2 N–H and O–H groups in total. The number of aliphatic hydroxyl groups excluding tert-OH is 1. The van der Waals surface area contributed by atoms with Gasteiger partial charge in [-0.3, -0.25) is 14.8 Å². The SMILES string of the molecule is CCC1(CNCC(O)Cn2nc(C)c([N+](=O)[O-])c2C)CC1. The molecule has 0 bridgehead atoms. The van der Waals surface area contributed by atoms with Crippen LogP contribution in [0.2, 0.25) is 0 Å². The van der Waals surface area contributed by atoms with Crippen LogP contribution in [0.4, 0.5) is 5.69 Å². The molecule has 1 saturated carbocycles. The number of aliphatic hydroxyl groups is 1. The molecular weight excluding hydrogens is 272 g/mol. The summed E-state index contributed by atoms with van der Waals surface area (Å²) in [7, 11) is 0. The van der Waals surface area contributed by atoms with E-state index in [0.29, 0.717) is 23.3 Å². The van der Waals surface area contributed by atoms with Gasteiger partial charge < -0.3 is 10.4 Å². The van der Waals surface area contributed by atoms with Crippen LogP contribution in [0, 0.1) is 29.4 Å². The Kier molecular flexibility index (Phi) is 4.63. The van der Waals surface area contributed by atoms with Crippen molar-refractivity contribution in [3.8, 4) is 0 Å². The molecule has 0 aliphatic heterocycles. The van der Waals surface area contributed by atoms with E-state index in [1.54, 1.807) is 13.8 Å². The van der Waals surface area contributed by atoms with E-state index >= 15 is 0 Å². The minimum absolute atomic E-state index is 0.0399. The number of hydrogen-bond acceptors (Lipinski definition) is 5. The Morgan fingerprint density at radius 1 is 1.52 bits per heavy atom. The van der Waals surface area contributed by atoms with Crippen LogP contribution in [0.1, 0.15) is 37.6 Å². The van der Waals surface area contributed by atoms with Gasteiger partial charge in [0.1, 0.15) is 11.4 Å². The maximum atomic E-state index is 10.9. The molecule has 2 rings (SSSR count). The van der Waals surface area contributed by atoms with E-state index in [9.17, 15) is 15.2 Å². The summed E-state index contributed by atoms with van der Waals surface area (Å²) in [5.41, 5.74) is 1.36. The summed E-state index contributed by atoms with van der Waals surface area (Å²) in [5.74, 6) is 0. The fourth-order valence-corrected chi connectivity index (χ4v) is 2.73. The summed E-state index contributed by atoms with van der Waals surface area (Å²) in [6.07, 6.45) is 3.09. The van der Waals surface area contributed by atoms with Gasteiger partial charge in [-0.25, -0.2) is 0 Å². The Labute approximate surface area is 124 Å². The highest BCUT2D eigenvalue weighted by atomic mass is 16.6. The fourth-order valence-electron chi connectivity index (χ4n) is 2.73. The van der Waals surface area contributed by atoms with Crippen molar-refractivity contribution in [2.45, 2.75) is 52.7 Å². The summed E-state index contributed by atoms with van der Waals surface area (Å²) in [6.45, 7) is 7.15. The Morgan fingerprint density at radius 2 is 2.19 bits per heavy atom. The van der Waals surface area contributed by atoms with E-state index in [1.807, 2.05) is 0 Å². The van der Waals surface area contributed by atoms with E-state index in [1.165, 1.54) is 23.9 Å². The van der Waals surface area contributed by atoms with Crippen LogP contribution >= 0.6 is 0 Å². The fraction of sp³-hybridized carbons (Fsp3) is 0.786. The van der Waals surface area contributed by atoms with Crippen molar-refractivity contribution >= 4 is 5.69 Å². The standard InChI is InChI=1S/C14H24N4O3/c1-4-14(5-6-14)9-15-7-12(19)8-17-11(3)13(18(20)21)10(2)16-17/h12,15,19H,4-9H2,1-3H3. The first-order valence-corrected chi connectivity index (χ1v) is 7.46. The minimum atomic E-state index is -0.602. The number of aromatic nitrogens is 2. The Morgan fingerprint density at radius 3 is 2.67 bits per heavy atom. The summed E-state index contributed by atoms with van der Waals surface area (Å²) >= 11 is 0. The van der Waals surface area contributed by atoms with Crippen molar-refractivity contribution < 1.29 is 10.0 Å². The van der Waals surface area contributed by atoms with Gasteiger partial charge in [0, 0.05) is 13.1 Å². The first-order chi connectivity index (χ1) is 9.88. The maximum Gasteiger partial charge on any atom is 0.312 e. The monoisotopic (exact) mass is 296 g/mol. The molecule has 1 fully saturated rings. The topological polar surface area (TPSA) is 93.2 Å². The normalized spacial score (nSPS) is 17.7. The first kappa shape index (κ1) is 15.9. The molecule has 1 unspecified atom stereocenters. The van der Waals surface area contributed by atoms with Gasteiger partial charge in [-0.15, -0.1) is 0 Å². The quantitative estimate of drug-likeness (QED) is 0.561. The van der Waals surface area contributed by atoms with Gasteiger partial charge in [-0.05, 0) is 38.5 Å². The highest BCUT2D eigenvalue weighted by molar-refractivity contribution is 5.39. The molecule has 0 saturated heterocycles. The minimum Gasteiger partial charge on any atom is -0.390 e. The third-order valence-corrected chi connectivity index (χ3v) is 4.50. The zero-order valence-corrected chi connectivity index (χ0v) is 12.9. The number of rotatable bonds is 8. The molecule has 1 aromatic heterocycles. The second kappa shape index (κ2) is 6.11. The highest BCUT2D eigenvalue weighted by Crippen LogP contribution is 2.47. The predicted octanol–water partition coefficient (Wildman–Crippen LogP) is 1.55. The molecule has 1 aliphatic carbocycles. The van der Waals surface area contributed by atoms with Gasteiger partial charge in [0.05, 0.1) is 17.6 Å². The number of nitro groups is 1. The van der Waals surface area contributed by atoms with Crippen LogP contribution in [0.3, 0.4) is 0 Å². The second-order valence-electron chi connectivity index (χ2n) is 6.10. The van der Waals surface area contributed by atoms with E-state index in [4.69, 9.17) is 0 Å². The summed E-state index contributed by atoms with van der Waals surface area (Å²) in [5, 5.41) is 28.4. The van der Waals surface area contributed by atoms with Crippen LogP contribution in [-0.4, -0.2) is 39.0 Å². The number of nitrogens with zero attached hydrogens (tertiary/aromatic N) is 3. The lowest BCUT2D eigenvalue weighted by atomic mass is 10.0. The lowest BCUT2D eigenvalue weighted by molar-refractivity contribution is -0.386. The molecule has 0 spiro atoms. The van der Waals surface area contributed by atoms with E-state index < -0.39 is 11.0 Å². The Hall–Kier alpha value is -1.47. The van der Waals surface area contributed by atoms with E-state index in [2.05, 4.69) is 17.3 Å². The second-order valence-corrected chi connectivity index (χ2v) is 6.10. The average molecular weight is 296 g/mol. The lowest BCUT2D eigenvalue weighted by Gasteiger charge is -2.16. The van der Waals surface area contributed by atoms with Crippen LogP contribution < -0.4 is 5.32 Å². The van der Waals surface area contributed by atoms with E-state index in [0.717, 1.165) is 6.54 Å². The summed E-state index contributed by atoms with van der Waals surface area (Å²) in [4.78, 5) is 10.5. The molecule has 21 heavy (non-hydrogen) atoms. The predicted molar refractivity (Wildman–Crippen MR) is 79.2 cm³/mol. The zero-order chi connectivity index (χ0) is 15.6. The highest BCUT2D eigenvalue weighted by Gasteiger charge is 2.39. The van der Waals surface area contributed by atoms with Crippen molar-refractivity contribution in [2.24, 2.45) is 5.41 Å². The number of aryl methyl sites for hydroxylation is 1. The Bertz CT molecular complexity index is 523. The van der Waals surface area contributed by atoms with Gasteiger partial charge in [0.2, 0.25) is 0 Å². The van der Waals surface area contributed by atoms with Gasteiger partial charge >= 0.3 is 5.69 Å². The van der Waals surface area contributed by atoms with Gasteiger partial charge in [-0.1, -0.05) is 6.92 Å². The van der Waals surface area contributed by atoms with Gasteiger partial charge in [-0.2, -0.15) is 5.10 Å². The van der Waals surface area contributed by atoms with Crippen molar-refractivity contribution in [3.63, 3.8) is 0 Å². The molecule has 1 atom stereocenters. The van der Waals surface area contributed by atoms with Crippen molar-refractivity contribution in [1.29, 1.82) is 0 Å². The molecule has 1 aromatic rings. The summed E-state index contributed by atoms with van der Waals surface area (Å²) in [6, 6.07) is 0. The van der Waals surface area contributed by atoms with E-state index in [-0.39, 0.29) is 12.2 Å².